The molecule has 0 aromatic heterocycles. The molecule has 0 saturated heterocycles. The maximum atomic E-state index is 13.0. The first-order valence-electron chi connectivity index (χ1n) is 5.98. The van der Waals surface area contributed by atoms with Gasteiger partial charge in [-0.1, -0.05) is 6.07 Å². The Hall–Kier alpha value is -1.39. The van der Waals surface area contributed by atoms with E-state index in [0.29, 0.717) is 18.8 Å². The Morgan fingerprint density at radius 2 is 2.00 bits per heavy atom. The van der Waals surface area contributed by atoms with Crippen molar-refractivity contribution in [3.8, 4) is 0 Å². The molecule has 2 rings (SSSR count). The van der Waals surface area contributed by atoms with Crippen LogP contribution in [0, 0.1) is 0 Å². The number of hydrogen-bond acceptors (Lipinski definition) is 2. The molecule has 5 heteroatoms. The lowest BCUT2D eigenvalue weighted by molar-refractivity contribution is -0.137. The second kappa shape index (κ2) is 4.07. The van der Waals surface area contributed by atoms with Gasteiger partial charge in [-0.05, 0) is 32.9 Å². The zero-order valence-electron chi connectivity index (χ0n) is 10.7. The molecule has 1 aromatic rings. The Balaban J connectivity index is 2.58. The van der Waals surface area contributed by atoms with Crippen molar-refractivity contribution in [2.45, 2.75) is 32.5 Å². The van der Waals surface area contributed by atoms with Crippen molar-refractivity contribution >= 4 is 11.4 Å². The zero-order chi connectivity index (χ0) is 13.6. The molecule has 0 fully saturated rings. The summed E-state index contributed by atoms with van der Waals surface area (Å²) in [6, 6.07) is 4.32. The lowest BCUT2D eigenvalue weighted by atomic mass is 9.97. The van der Waals surface area contributed by atoms with Gasteiger partial charge in [-0.25, -0.2) is 0 Å². The Bertz CT molecular complexity index is 452. The van der Waals surface area contributed by atoms with Crippen LogP contribution in [0.15, 0.2) is 18.2 Å². The number of rotatable bonds is 1. The molecule has 2 nitrogen and oxygen atoms in total. The minimum absolute atomic E-state index is 0.197. The standard InChI is InChI=1S/C13H17F3N2/c1-4-18-8-12(2,3)17-11-9(13(14,15)16)6-5-7-10(11)18/h5-7,17H,4,8H2,1-3H3. The molecule has 0 aliphatic carbocycles. The van der Waals surface area contributed by atoms with Gasteiger partial charge in [0.1, 0.15) is 0 Å². The molecule has 1 aromatic carbocycles. The van der Waals surface area contributed by atoms with Gasteiger partial charge in [-0.15, -0.1) is 0 Å². The van der Waals surface area contributed by atoms with Gasteiger partial charge in [0.15, 0.2) is 0 Å². The summed E-state index contributed by atoms with van der Waals surface area (Å²) in [7, 11) is 0. The van der Waals surface area contributed by atoms with Crippen molar-refractivity contribution < 1.29 is 13.2 Å². The number of anilines is 2. The number of fused-ring (bicyclic) bond motifs is 1. The Morgan fingerprint density at radius 1 is 1.33 bits per heavy atom. The molecule has 0 spiro atoms. The largest absolute Gasteiger partial charge is 0.418 e. The SMILES string of the molecule is CCN1CC(C)(C)Nc2c1cccc2C(F)(F)F. The Labute approximate surface area is 105 Å². The third-order valence-corrected chi connectivity index (χ3v) is 3.12. The van der Waals surface area contributed by atoms with Gasteiger partial charge in [0.25, 0.3) is 0 Å². The van der Waals surface area contributed by atoms with Crippen molar-refractivity contribution in [3.63, 3.8) is 0 Å². The first-order valence-corrected chi connectivity index (χ1v) is 5.98. The fourth-order valence-corrected chi connectivity index (χ4v) is 2.39. The highest BCUT2D eigenvalue weighted by Crippen LogP contribution is 2.43. The molecule has 0 amide bonds. The van der Waals surface area contributed by atoms with Crippen LogP contribution in [0.5, 0.6) is 0 Å². The fourth-order valence-electron chi connectivity index (χ4n) is 2.39. The summed E-state index contributed by atoms with van der Waals surface area (Å²) >= 11 is 0. The Morgan fingerprint density at radius 3 is 2.56 bits per heavy atom. The van der Waals surface area contributed by atoms with E-state index in [4.69, 9.17) is 0 Å². The van der Waals surface area contributed by atoms with Crippen LogP contribution in [0.2, 0.25) is 0 Å². The van der Waals surface area contributed by atoms with Gasteiger partial charge in [-0.2, -0.15) is 13.2 Å². The third kappa shape index (κ3) is 2.26. The minimum atomic E-state index is -4.33. The second-order valence-corrected chi connectivity index (χ2v) is 5.22. The maximum Gasteiger partial charge on any atom is 0.418 e. The van der Waals surface area contributed by atoms with Gasteiger partial charge in [0, 0.05) is 18.6 Å². The minimum Gasteiger partial charge on any atom is -0.376 e. The number of nitrogens with one attached hydrogen (secondary N) is 1. The highest BCUT2D eigenvalue weighted by Gasteiger charge is 2.39. The van der Waals surface area contributed by atoms with Crippen LogP contribution in [0.25, 0.3) is 0 Å². The average molecular weight is 258 g/mol. The first-order chi connectivity index (χ1) is 8.24. The maximum absolute atomic E-state index is 13.0. The number of alkyl halides is 3. The molecule has 1 N–H and O–H groups in total. The van der Waals surface area contributed by atoms with Gasteiger partial charge in [0.2, 0.25) is 0 Å². The van der Waals surface area contributed by atoms with Crippen molar-refractivity contribution in [1.29, 1.82) is 0 Å². The predicted molar refractivity (Wildman–Crippen MR) is 67.0 cm³/mol. The first kappa shape index (κ1) is 13.1. The van der Waals surface area contributed by atoms with Crippen molar-refractivity contribution in [1.82, 2.24) is 0 Å². The van der Waals surface area contributed by atoms with E-state index < -0.39 is 11.7 Å². The molecule has 18 heavy (non-hydrogen) atoms. The summed E-state index contributed by atoms with van der Waals surface area (Å²) in [6.07, 6.45) is -4.33. The normalized spacial score (nSPS) is 18.2. The summed E-state index contributed by atoms with van der Waals surface area (Å²) in [5.74, 6) is 0. The molecule has 1 aliphatic rings. The summed E-state index contributed by atoms with van der Waals surface area (Å²) in [6.45, 7) is 7.15. The second-order valence-electron chi connectivity index (χ2n) is 5.22. The summed E-state index contributed by atoms with van der Waals surface area (Å²) in [5.41, 5.74) is -0.134. The van der Waals surface area contributed by atoms with Crippen LogP contribution >= 0.6 is 0 Å². The van der Waals surface area contributed by atoms with Crippen molar-refractivity contribution in [3.05, 3.63) is 23.8 Å². The van der Waals surface area contributed by atoms with E-state index in [2.05, 4.69) is 5.32 Å². The lowest BCUT2D eigenvalue weighted by Gasteiger charge is -2.42. The number of para-hydroxylation sites is 1. The number of benzene rings is 1. The number of hydrogen-bond donors (Lipinski definition) is 1. The van der Waals surface area contributed by atoms with E-state index in [9.17, 15) is 13.2 Å². The van der Waals surface area contributed by atoms with Crippen LogP contribution in [-0.4, -0.2) is 18.6 Å². The van der Waals surface area contributed by atoms with E-state index in [-0.39, 0.29) is 11.2 Å². The average Bonchev–Trinajstić information content (AvgIpc) is 2.24. The Kier molecular flexibility index (Phi) is 2.95. The van der Waals surface area contributed by atoms with Gasteiger partial charge >= 0.3 is 6.18 Å². The topological polar surface area (TPSA) is 15.3 Å². The molecule has 0 radical (unpaired) electrons. The molecule has 1 heterocycles. The van der Waals surface area contributed by atoms with Crippen LogP contribution in [0.3, 0.4) is 0 Å². The summed E-state index contributed by atoms with van der Waals surface area (Å²) in [4.78, 5) is 1.97. The molecule has 0 bridgehead atoms. The monoisotopic (exact) mass is 258 g/mol. The van der Waals surface area contributed by atoms with E-state index in [1.807, 2.05) is 25.7 Å². The van der Waals surface area contributed by atoms with Crippen LogP contribution in [0.1, 0.15) is 26.3 Å². The molecule has 1 aliphatic heterocycles. The van der Waals surface area contributed by atoms with E-state index in [1.54, 1.807) is 6.07 Å². The van der Waals surface area contributed by atoms with Gasteiger partial charge in [-0.3, -0.25) is 0 Å². The van der Waals surface area contributed by atoms with Gasteiger partial charge in [0.05, 0.1) is 16.9 Å². The summed E-state index contributed by atoms with van der Waals surface area (Å²) in [5, 5.41) is 3.01. The molecule has 0 unspecified atom stereocenters. The number of likely N-dealkylation sites (N-methyl/N-ethyl adjacent to an activating group) is 1. The number of halogens is 3. The highest BCUT2D eigenvalue weighted by molar-refractivity contribution is 5.77. The molecular weight excluding hydrogens is 241 g/mol. The van der Waals surface area contributed by atoms with E-state index in [0.717, 1.165) is 6.07 Å². The quantitative estimate of drug-likeness (QED) is 0.825. The van der Waals surface area contributed by atoms with E-state index >= 15 is 0 Å². The van der Waals surface area contributed by atoms with Gasteiger partial charge < -0.3 is 10.2 Å². The van der Waals surface area contributed by atoms with Crippen molar-refractivity contribution in [2.24, 2.45) is 0 Å². The van der Waals surface area contributed by atoms with Crippen LogP contribution in [-0.2, 0) is 6.18 Å². The highest BCUT2D eigenvalue weighted by atomic mass is 19.4. The van der Waals surface area contributed by atoms with Crippen LogP contribution in [0.4, 0.5) is 24.5 Å². The van der Waals surface area contributed by atoms with Crippen molar-refractivity contribution in [2.75, 3.05) is 23.3 Å². The third-order valence-electron chi connectivity index (χ3n) is 3.12. The zero-order valence-corrected chi connectivity index (χ0v) is 10.7. The van der Waals surface area contributed by atoms with Crippen LogP contribution < -0.4 is 10.2 Å². The number of nitrogens with zero attached hydrogens (tertiary/aromatic N) is 1. The molecule has 0 saturated carbocycles. The molecular formula is C13H17F3N2. The smallest absolute Gasteiger partial charge is 0.376 e. The molecule has 0 atom stereocenters. The lowest BCUT2D eigenvalue weighted by Crippen LogP contribution is -2.49. The summed E-state index contributed by atoms with van der Waals surface area (Å²) < 4.78 is 39.0. The molecule has 100 valence electrons. The van der Waals surface area contributed by atoms with E-state index in [1.165, 1.54) is 6.07 Å². The predicted octanol–water partition coefficient (Wildman–Crippen LogP) is 3.74. The fraction of sp³-hybridized carbons (Fsp3) is 0.538.